The molecule has 1 saturated carbocycles. The summed E-state index contributed by atoms with van der Waals surface area (Å²) in [6.07, 6.45) is -1.51. The molecule has 2 rings (SSSR count). The average Bonchev–Trinajstić information content (AvgIpc) is 2.84. The van der Waals surface area contributed by atoms with Crippen LogP contribution >= 0.6 is 24.8 Å². The lowest BCUT2D eigenvalue weighted by Gasteiger charge is -2.10. The summed E-state index contributed by atoms with van der Waals surface area (Å²) >= 11 is 0. The van der Waals surface area contributed by atoms with E-state index in [1.54, 1.807) is 0 Å². The van der Waals surface area contributed by atoms with Crippen molar-refractivity contribution >= 4 is 24.8 Å². The molecule has 0 spiro atoms. The molecule has 0 radical (unpaired) electrons. The molecular formula is C9H11Cl2F3N2. The summed E-state index contributed by atoms with van der Waals surface area (Å²) in [6, 6.07) is 2.38. The van der Waals surface area contributed by atoms with Crippen molar-refractivity contribution in [2.24, 2.45) is 5.73 Å². The maximum Gasteiger partial charge on any atom is 0.433 e. The summed E-state index contributed by atoms with van der Waals surface area (Å²) in [5.41, 5.74) is 5.20. The first-order valence-corrected chi connectivity index (χ1v) is 4.24. The van der Waals surface area contributed by atoms with Gasteiger partial charge >= 0.3 is 6.18 Å². The summed E-state index contributed by atoms with van der Waals surface area (Å²) in [4.78, 5) is 3.35. The second-order valence-electron chi connectivity index (χ2n) is 3.59. The summed E-state index contributed by atoms with van der Waals surface area (Å²) in [5, 5.41) is 0. The minimum Gasteiger partial charge on any atom is -0.321 e. The third-order valence-electron chi connectivity index (χ3n) is 2.42. The molecule has 1 aliphatic rings. The Morgan fingerprint density at radius 1 is 1.19 bits per heavy atom. The third kappa shape index (κ3) is 2.99. The first-order valence-electron chi connectivity index (χ1n) is 4.24. The Kier molecular flexibility index (Phi) is 4.62. The molecule has 0 atom stereocenters. The van der Waals surface area contributed by atoms with E-state index in [-0.39, 0.29) is 24.8 Å². The molecule has 0 aliphatic heterocycles. The third-order valence-corrected chi connectivity index (χ3v) is 2.42. The standard InChI is InChI=1S/C9H9F3N2.2ClH/c10-9(11,12)7-2-1-6(5-14-7)8(13)3-4-8;;/h1-2,5H,3-4,13H2;2*1H. The van der Waals surface area contributed by atoms with E-state index < -0.39 is 17.4 Å². The Balaban J connectivity index is 0.00000112. The highest BCUT2D eigenvalue weighted by molar-refractivity contribution is 5.85. The molecular weight excluding hydrogens is 264 g/mol. The fourth-order valence-electron chi connectivity index (χ4n) is 1.28. The number of nitrogens with zero attached hydrogens (tertiary/aromatic N) is 1. The summed E-state index contributed by atoms with van der Waals surface area (Å²) in [5.74, 6) is 0. The van der Waals surface area contributed by atoms with Crippen LogP contribution in [0.3, 0.4) is 0 Å². The maximum atomic E-state index is 12.1. The van der Waals surface area contributed by atoms with Crippen LogP contribution in [0.4, 0.5) is 13.2 Å². The van der Waals surface area contributed by atoms with Crippen molar-refractivity contribution in [3.63, 3.8) is 0 Å². The Morgan fingerprint density at radius 2 is 1.75 bits per heavy atom. The minimum absolute atomic E-state index is 0. The molecule has 1 fully saturated rings. The van der Waals surface area contributed by atoms with Crippen molar-refractivity contribution in [2.75, 3.05) is 0 Å². The topological polar surface area (TPSA) is 38.9 Å². The lowest BCUT2D eigenvalue weighted by molar-refractivity contribution is -0.141. The number of aromatic nitrogens is 1. The van der Waals surface area contributed by atoms with Gasteiger partial charge in [0.05, 0.1) is 0 Å². The molecule has 7 heteroatoms. The number of nitrogens with two attached hydrogens (primary N) is 1. The van der Waals surface area contributed by atoms with Crippen LogP contribution < -0.4 is 5.73 Å². The van der Waals surface area contributed by atoms with Crippen LogP contribution in [-0.2, 0) is 11.7 Å². The predicted molar refractivity (Wildman–Crippen MR) is 58.8 cm³/mol. The molecule has 0 amide bonds. The van der Waals surface area contributed by atoms with Crippen LogP contribution in [-0.4, -0.2) is 4.98 Å². The highest BCUT2D eigenvalue weighted by Gasteiger charge is 2.41. The summed E-state index contributed by atoms with van der Waals surface area (Å²) in [7, 11) is 0. The van der Waals surface area contributed by atoms with E-state index in [1.165, 1.54) is 12.3 Å². The molecule has 2 N–H and O–H groups in total. The monoisotopic (exact) mass is 274 g/mol. The number of rotatable bonds is 1. The van der Waals surface area contributed by atoms with Crippen LogP contribution in [0.25, 0.3) is 0 Å². The molecule has 16 heavy (non-hydrogen) atoms. The van der Waals surface area contributed by atoms with E-state index in [9.17, 15) is 13.2 Å². The molecule has 92 valence electrons. The van der Waals surface area contributed by atoms with Crippen molar-refractivity contribution < 1.29 is 13.2 Å². The van der Waals surface area contributed by atoms with Gasteiger partial charge in [0, 0.05) is 11.7 Å². The van der Waals surface area contributed by atoms with Crippen LogP contribution in [0.15, 0.2) is 18.3 Å². The van der Waals surface area contributed by atoms with Gasteiger partial charge in [0.2, 0.25) is 0 Å². The zero-order valence-electron chi connectivity index (χ0n) is 8.12. The van der Waals surface area contributed by atoms with Crippen molar-refractivity contribution in [1.29, 1.82) is 0 Å². The molecule has 0 saturated heterocycles. The van der Waals surface area contributed by atoms with Crippen molar-refractivity contribution in [1.82, 2.24) is 4.98 Å². The van der Waals surface area contributed by atoms with Crippen molar-refractivity contribution in [3.8, 4) is 0 Å². The number of halogens is 5. The fraction of sp³-hybridized carbons (Fsp3) is 0.444. The van der Waals surface area contributed by atoms with Gasteiger partial charge in [0.25, 0.3) is 0 Å². The van der Waals surface area contributed by atoms with Crippen LogP contribution in [0.2, 0.25) is 0 Å². The molecule has 0 bridgehead atoms. The smallest absolute Gasteiger partial charge is 0.321 e. The zero-order chi connectivity index (χ0) is 10.4. The molecule has 0 aromatic carbocycles. The van der Waals surface area contributed by atoms with Crippen molar-refractivity contribution in [2.45, 2.75) is 24.6 Å². The van der Waals surface area contributed by atoms with Gasteiger partial charge in [-0.2, -0.15) is 13.2 Å². The summed E-state index contributed by atoms with van der Waals surface area (Å²) in [6.45, 7) is 0. The Labute approximate surface area is 103 Å². The molecule has 0 unspecified atom stereocenters. The quantitative estimate of drug-likeness (QED) is 0.855. The Bertz CT molecular complexity index is 323. The first-order chi connectivity index (χ1) is 6.42. The average molecular weight is 275 g/mol. The molecule has 1 aliphatic carbocycles. The minimum atomic E-state index is -4.37. The van der Waals surface area contributed by atoms with Crippen LogP contribution in [0.1, 0.15) is 24.1 Å². The van der Waals surface area contributed by atoms with Gasteiger partial charge in [0.1, 0.15) is 5.69 Å². The van der Waals surface area contributed by atoms with E-state index in [4.69, 9.17) is 5.73 Å². The van der Waals surface area contributed by atoms with Crippen LogP contribution in [0.5, 0.6) is 0 Å². The molecule has 1 heterocycles. The van der Waals surface area contributed by atoms with Gasteiger partial charge in [-0.3, -0.25) is 4.98 Å². The number of pyridine rings is 1. The van der Waals surface area contributed by atoms with Gasteiger partial charge < -0.3 is 5.73 Å². The van der Waals surface area contributed by atoms with E-state index >= 15 is 0 Å². The zero-order valence-corrected chi connectivity index (χ0v) is 9.75. The normalized spacial score (nSPS) is 17.0. The number of alkyl halides is 3. The van der Waals surface area contributed by atoms with E-state index in [0.717, 1.165) is 18.9 Å². The summed E-state index contributed by atoms with van der Waals surface area (Å²) < 4.78 is 36.4. The van der Waals surface area contributed by atoms with Gasteiger partial charge in [-0.05, 0) is 24.5 Å². The lowest BCUT2D eigenvalue weighted by Crippen LogP contribution is -2.19. The van der Waals surface area contributed by atoms with E-state index in [0.29, 0.717) is 5.56 Å². The second-order valence-corrected chi connectivity index (χ2v) is 3.59. The van der Waals surface area contributed by atoms with Gasteiger partial charge in [-0.25, -0.2) is 0 Å². The number of hydrogen-bond acceptors (Lipinski definition) is 2. The molecule has 1 aromatic rings. The molecule has 2 nitrogen and oxygen atoms in total. The van der Waals surface area contributed by atoms with E-state index in [2.05, 4.69) is 4.98 Å². The fourth-order valence-corrected chi connectivity index (χ4v) is 1.28. The highest BCUT2D eigenvalue weighted by atomic mass is 35.5. The SMILES string of the molecule is Cl.Cl.NC1(c2ccc(C(F)(F)F)nc2)CC1. The molecule has 1 aromatic heterocycles. The predicted octanol–water partition coefficient (Wildman–Crippen LogP) is 2.89. The lowest BCUT2D eigenvalue weighted by atomic mass is 10.1. The second kappa shape index (κ2) is 4.77. The van der Waals surface area contributed by atoms with Gasteiger partial charge in [-0.1, -0.05) is 6.07 Å². The maximum absolute atomic E-state index is 12.1. The number of hydrogen-bond donors (Lipinski definition) is 1. The highest BCUT2D eigenvalue weighted by Crippen LogP contribution is 2.42. The first kappa shape index (κ1) is 15.5. The van der Waals surface area contributed by atoms with E-state index in [1.807, 2.05) is 0 Å². The Morgan fingerprint density at radius 3 is 2.06 bits per heavy atom. The largest absolute Gasteiger partial charge is 0.433 e. The van der Waals surface area contributed by atoms with Crippen molar-refractivity contribution in [3.05, 3.63) is 29.6 Å². The van der Waals surface area contributed by atoms with Gasteiger partial charge in [-0.15, -0.1) is 24.8 Å². The van der Waals surface area contributed by atoms with Gasteiger partial charge in [0.15, 0.2) is 0 Å². The Hall–Kier alpha value is -0.520. The van der Waals surface area contributed by atoms with Crippen LogP contribution in [0, 0.1) is 0 Å².